The summed E-state index contributed by atoms with van der Waals surface area (Å²) in [5.74, 6) is 0. The van der Waals surface area contributed by atoms with Crippen LogP contribution in [0.4, 0.5) is 5.69 Å². The first-order valence-electron chi connectivity index (χ1n) is 5.64. The molecule has 100 valence electrons. The third-order valence-electron chi connectivity index (χ3n) is 2.73. The fraction of sp³-hybridized carbons (Fsp3) is 0.143. The first kappa shape index (κ1) is 15.0. The molecule has 2 rings (SSSR count). The van der Waals surface area contributed by atoms with E-state index in [0.29, 0.717) is 15.1 Å². The molecule has 0 aliphatic rings. The molecule has 2 aromatic rings. The lowest BCUT2D eigenvalue weighted by molar-refractivity contribution is 0.885. The van der Waals surface area contributed by atoms with E-state index < -0.39 is 0 Å². The maximum atomic E-state index is 6.19. The molecule has 0 spiro atoms. The van der Waals surface area contributed by atoms with E-state index in [2.05, 4.69) is 21.2 Å². The fourth-order valence-electron chi connectivity index (χ4n) is 1.77. The fourth-order valence-corrected chi connectivity index (χ4v) is 2.88. The molecule has 1 unspecified atom stereocenters. The number of hydrogen-bond acceptors (Lipinski definition) is 1. The van der Waals surface area contributed by atoms with Gasteiger partial charge in [0.05, 0.1) is 16.8 Å². The molecule has 1 nitrogen and oxygen atoms in total. The van der Waals surface area contributed by atoms with Crippen LogP contribution >= 0.6 is 50.7 Å². The molecule has 0 aliphatic carbocycles. The highest BCUT2D eigenvalue weighted by atomic mass is 79.9. The second kappa shape index (κ2) is 6.36. The van der Waals surface area contributed by atoms with Crippen molar-refractivity contribution >= 4 is 56.4 Å². The van der Waals surface area contributed by atoms with E-state index in [1.54, 1.807) is 6.07 Å². The van der Waals surface area contributed by atoms with Crippen molar-refractivity contribution < 1.29 is 0 Å². The maximum Gasteiger partial charge on any atom is 0.0638 e. The van der Waals surface area contributed by atoms with Gasteiger partial charge in [-0.2, -0.15) is 0 Å². The summed E-state index contributed by atoms with van der Waals surface area (Å²) >= 11 is 21.7. The van der Waals surface area contributed by atoms with Crippen molar-refractivity contribution in [2.24, 2.45) is 0 Å². The first-order chi connectivity index (χ1) is 8.97. The van der Waals surface area contributed by atoms with Gasteiger partial charge in [0, 0.05) is 14.5 Å². The minimum Gasteiger partial charge on any atom is -0.377 e. The molecule has 0 radical (unpaired) electrons. The third-order valence-corrected chi connectivity index (χ3v) is 4.11. The van der Waals surface area contributed by atoms with Gasteiger partial charge in [0.25, 0.3) is 0 Å². The van der Waals surface area contributed by atoms with Gasteiger partial charge in [0.2, 0.25) is 0 Å². The number of hydrogen-bond donors (Lipinski definition) is 1. The molecule has 2 aromatic carbocycles. The predicted molar refractivity (Wildman–Crippen MR) is 87.7 cm³/mol. The molecule has 0 amide bonds. The number of anilines is 1. The van der Waals surface area contributed by atoms with E-state index in [1.165, 1.54) is 0 Å². The topological polar surface area (TPSA) is 12.0 Å². The zero-order valence-corrected chi connectivity index (χ0v) is 13.9. The van der Waals surface area contributed by atoms with Gasteiger partial charge in [-0.05, 0) is 42.8 Å². The summed E-state index contributed by atoms with van der Waals surface area (Å²) in [6.45, 7) is 2.02. The van der Waals surface area contributed by atoms with Crippen molar-refractivity contribution in [3.63, 3.8) is 0 Å². The van der Waals surface area contributed by atoms with Gasteiger partial charge in [0.1, 0.15) is 0 Å². The van der Waals surface area contributed by atoms with E-state index in [-0.39, 0.29) is 6.04 Å². The third kappa shape index (κ3) is 3.79. The lowest BCUT2D eigenvalue weighted by Gasteiger charge is -2.18. The van der Waals surface area contributed by atoms with Crippen molar-refractivity contribution in [2.45, 2.75) is 13.0 Å². The minimum atomic E-state index is 0.0246. The van der Waals surface area contributed by atoms with Crippen molar-refractivity contribution in [3.05, 3.63) is 61.5 Å². The van der Waals surface area contributed by atoms with Gasteiger partial charge in [-0.25, -0.2) is 0 Å². The lowest BCUT2D eigenvalue weighted by Crippen LogP contribution is -2.07. The molecule has 0 aliphatic heterocycles. The van der Waals surface area contributed by atoms with Gasteiger partial charge < -0.3 is 5.32 Å². The monoisotopic (exact) mass is 377 g/mol. The summed E-state index contributed by atoms with van der Waals surface area (Å²) < 4.78 is 0.966. The molecule has 0 saturated heterocycles. The minimum absolute atomic E-state index is 0.0246. The van der Waals surface area contributed by atoms with Gasteiger partial charge in [-0.1, -0.05) is 56.8 Å². The van der Waals surface area contributed by atoms with Crippen molar-refractivity contribution in [1.82, 2.24) is 0 Å². The van der Waals surface area contributed by atoms with Gasteiger partial charge in [-0.3, -0.25) is 0 Å². The van der Waals surface area contributed by atoms with Crippen LogP contribution in [-0.4, -0.2) is 0 Å². The van der Waals surface area contributed by atoms with E-state index >= 15 is 0 Å². The van der Waals surface area contributed by atoms with Crippen LogP contribution in [0.25, 0.3) is 0 Å². The van der Waals surface area contributed by atoms with E-state index in [0.717, 1.165) is 15.7 Å². The average molecular weight is 380 g/mol. The van der Waals surface area contributed by atoms with E-state index in [9.17, 15) is 0 Å². The maximum absolute atomic E-state index is 6.19. The van der Waals surface area contributed by atoms with Crippen molar-refractivity contribution in [1.29, 1.82) is 0 Å². The molecule has 5 heteroatoms. The SMILES string of the molecule is CC(Nc1cc(Br)ccc1Cl)c1ccc(Cl)cc1Cl. The van der Waals surface area contributed by atoms with Gasteiger partial charge in [-0.15, -0.1) is 0 Å². The molecule has 0 saturated carbocycles. The number of rotatable bonds is 3. The van der Waals surface area contributed by atoms with Crippen LogP contribution in [0, 0.1) is 0 Å². The molecule has 0 heterocycles. The number of nitrogens with one attached hydrogen (secondary N) is 1. The summed E-state index contributed by atoms with van der Waals surface area (Å²) in [5.41, 5.74) is 1.83. The molecular formula is C14H11BrCl3N. The first-order valence-corrected chi connectivity index (χ1v) is 7.56. The van der Waals surface area contributed by atoms with Crippen LogP contribution in [-0.2, 0) is 0 Å². The van der Waals surface area contributed by atoms with Crippen LogP contribution < -0.4 is 5.32 Å². The van der Waals surface area contributed by atoms with E-state index in [4.69, 9.17) is 34.8 Å². The van der Waals surface area contributed by atoms with Crippen LogP contribution in [0.15, 0.2) is 40.9 Å². The van der Waals surface area contributed by atoms with Crippen LogP contribution in [0.3, 0.4) is 0 Å². The Bertz CT molecular complexity index is 601. The van der Waals surface area contributed by atoms with Gasteiger partial charge >= 0.3 is 0 Å². The van der Waals surface area contributed by atoms with Crippen molar-refractivity contribution in [2.75, 3.05) is 5.32 Å². The number of halogens is 4. The Morgan fingerprint density at radius 2 is 1.74 bits per heavy atom. The highest BCUT2D eigenvalue weighted by molar-refractivity contribution is 9.10. The molecule has 19 heavy (non-hydrogen) atoms. The van der Waals surface area contributed by atoms with Crippen LogP contribution in [0.5, 0.6) is 0 Å². The Hall–Kier alpha value is -0.410. The Kier molecular flexibility index (Phi) is 5.02. The predicted octanol–water partition coefficient (Wildman–Crippen LogP) is 6.58. The Balaban J connectivity index is 2.25. The van der Waals surface area contributed by atoms with E-state index in [1.807, 2.05) is 37.3 Å². The Morgan fingerprint density at radius 1 is 1.00 bits per heavy atom. The summed E-state index contributed by atoms with van der Waals surface area (Å²) in [4.78, 5) is 0. The lowest BCUT2D eigenvalue weighted by atomic mass is 10.1. The molecule has 0 bridgehead atoms. The Morgan fingerprint density at radius 3 is 2.42 bits per heavy atom. The Labute approximate surface area is 136 Å². The van der Waals surface area contributed by atoms with Crippen LogP contribution in [0.1, 0.15) is 18.5 Å². The second-order valence-corrected chi connectivity index (χ2v) is 6.32. The molecular weight excluding hydrogens is 368 g/mol. The van der Waals surface area contributed by atoms with Gasteiger partial charge in [0.15, 0.2) is 0 Å². The van der Waals surface area contributed by atoms with Crippen molar-refractivity contribution in [3.8, 4) is 0 Å². The standard InChI is InChI=1S/C14H11BrCl3N/c1-8(11-4-3-10(16)7-13(11)18)19-14-6-9(15)2-5-12(14)17/h2-8,19H,1H3. The summed E-state index contributed by atoms with van der Waals surface area (Å²) in [6, 6.07) is 11.2. The normalized spacial score (nSPS) is 12.3. The molecule has 1 atom stereocenters. The average Bonchev–Trinajstić information content (AvgIpc) is 2.33. The zero-order chi connectivity index (χ0) is 14.0. The molecule has 1 N–H and O–H groups in total. The second-order valence-electron chi connectivity index (χ2n) is 4.16. The number of benzene rings is 2. The largest absolute Gasteiger partial charge is 0.377 e. The molecule has 0 aromatic heterocycles. The summed E-state index contributed by atoms with van der Waals surface area (Å²) in [5, 5.41) is 5.27. The summed E-state index contributed by atoms with van der Waals surface area (Å²) in [6.07, 6.45) is 0. The van der Waals surface area contributed by atoms with Crippen LogP contribution in [0.2, 0.25) is 15.1 Å². The smallest absolute Gasteiger partial charge is 0.0638 e. The molecule has 0 fully saturated rings. The quantitative estimate of drug-likeness (QED) is 0.635. The zero-order valence-electron chi connectivity index (χ0n) is 10.1. The highest BCUT2D eigenvalue weighted by Crippen LogP contribution is 2.32. The summed E-state index contributed by atoms with van der Waals surface area (Å²) in [7, 11) is 0. The highest BCUT2D eigenvalue weighted by Gasteiger charge is 2.11.